The molecule has 2 aliphatic rings. The summed E-state index contributed by atoms with van der Waals surface area (Å²) in [5.74, 6) is -0.457. The molecule has 2 N–H and O–H groups in total. The number of amides is 1. The summed E-state index contributed by atoms with van der Waals surface area (Å²) >= 11 is 0. The van der Waals surface area contributed by atoms with Crippen LogP contribution in [0, 0.1) is 0 Å². The Morgan fingerprint density at radius 1 is 0.974 bits per heavy atom. The second-order valence-electron chi connectivity index (χ2n) is 9.16. The summed E-state index contributed by atoms with van der Waals surface area (Å²) in [6.45, 7) is 2.19. The first-order valence-corrected chi connectivity index (χ1v) is 13.9. The summed E-state index contributed by atoms with van der Waals surface area (Å²) < 4.78 is 45.0. The van der Waals surface area contributed by atoms with Gasteiger partial charge in [0.1, 0.15) is 13.2 Å². The number of carbonyl (C=O) groups is 2. The molecule has 0 aromatic heterocycles. The predicted octanol–water partition coefficient (Wildman–Crippen LogP) is 4.00. The van der Waals surface area contributed by atoms with Gasteiger partial charge in [0.2, 0.25) is 0 Å². The maximum atomic E-state index is 13.1. The summed E-state index contributed by atoms with van der Waals surface area (Å²) in [5.41, 5.74) is 2.29. The Bertz CT molecular complexity index is 1470. The molecule has 9 nitrogen and oxygen atoms in total. The highest BCUT2D eigenvalue weighted by atomic mass is 32.2. The fourth-order valence-electron chi connectivity index (χ4n) is 4.62. The van der Waals surface area contributed by atoms with Gasteiger partial charge >= 0.3 is 5.97 Å². The lowest BCUT2D eigenvalue weighted by molar-refractivity contribution is -0.130. The number of hydrogen-bond donors (Lipinski definition) is 2. The lowest BCUT2D eigenvalue weighted by Gasteiger charge is -2.27. The standard InChI is InChI=1S/C28H28N2O7S/c1-18(27(31)29-23-12-6-8-19-7-2-3-9-21(19)23)37-28(32)22-10-4-5-11-24(22)30-38(33,34)20-13-14-25-26(17-20)36-16-15-35-25/h2-5,7,9-11,13-14,17-18,23,30H,6,8,12,15-16H2,1H3,(H,29,31)/t18-,23+/m0/s1. The van der Waals surface area contributed by atoms with E-state index in [1.807, 2.05) is 18.2 Å². The molecular formula is C28H28N2O7S. The molecular weight excluding hydrogens is 508 g/mol. The smallest absolute Gasteiger partial charge is 0.341 e. The van der Waals surface area contributed by atoms with Crippen molar-refractivity contribution in [1.29, 1.82) is 0 Å². The molecule has 5 rings (SSSR count). The molecule has 0 spiro atoms. The molecule has 0 saturated carbocycles. The number of hydrogen-bond acceptors (Lipinski definition) is 7. The number of para-hydroxylation sites is 1. The number of rotatable bonds is 7. The normalized spacial score (nSPS) is 17.0. The molecule has 0 unspecified atom stereocenters. The van der Waals surface area contributed by atoms with E-state index in [1.54, 1.807) is 12.1 Å². The van der Waals surface area contributed by atoms with E-state index in [1.165, 1.54) is 42.8 Å². The number of aryl methyl sites for hydroxylation is 1. The average molecular weight is 537 g/mol. The number of fused-ring (bicyclic) bond motifs is 2. The van der Waals surface area contributed by atoms with Gasteiger partial charge in [0.25, 0.3) is 15.9 Å². The van der Waals surface area contributed by atoms with Crippen LogP contribution < -0.4 is 19.5 Å². The van der Waals surface area contributed by atoms with E-state index in [0.717, 1.165) is 24.8 Å². The molecule has 0 fully saturated rings. The van der Waals surface area contributed by atoms with E-state index in [0.29, 0.717) is 24.7 Å². The molecule has 1 aliphatic carbocycles. The van der Waals surface area contributed by atoms with Crippen molar-refractivity contribution in [1.82, 2.24) is 5.32 Å². The Morgan fingerprint density at radius 2 is 1.71 bits per heavy atom. The van der Waals surface area contributed by atoms with Crippen LogP contribution in [0.5, 0.6) is 11.5 Å². The third-order valence-corrected chi connectivity index (χ3v) is 7.92. The van der Waals surface area contributed by atoms with E-state index < -0.39 is 28.0 Å². The fourth-order valence-corrected chi connectivity index (χ4v) is 5.71. The molecule has 198 valence electrons. The first kappa shape index (κ1) is 25.6. The molecule has 0 saturated heterocycles. The van der Waals surface area contributed by atoms with Crippen LogP contribution in [0.15, 0.2) is 71.6 Å². The highest BCUT2D eigenvalue weighted by Crippen LogP contribution is 2.33. The van der Waals surface area contributed by atoms with Crippen molar-refractivity contribution in [3.8, 4) is 11.5 Å². The highest BCUT2D eigenvalue weighted by Gasteiger charge is 2.27. The van der Waals surface area contributed by atoms with Crippen molar-refractivity contribution in [2.75, 3.05) is 17.9 Å². The quantitative estimate of drug-likeness (QED) is 0.438. The molecule has 3 aromatic rings. The van der Waals surface area contributed by atoms with Crippen LogP contribution in [0.3, 0.4) is 0 Å². The van der Waals surface area contributed by atoms with Crippen LogP contribution >= 0.6 is 0 Å². The minimum absolute atomic E-state index is 0.0173. The number of nitrogens with one attached hydrogen (secondary N) is 2. The maximum Gasteiger partial charge on any atom is 0.341 e. The van der Waals surface area contributed by atoms with Crippen molar-refractivity contribution in [2.24, 2.45) is 0 Å². The minimum Gasteiger partial charge on any atom is -0.486 e. The zero-order valence-corrected chi connectivity index (χ0v) is 21.6. The Kier molecular flexibility index (Phi) is 7.24. The van der Waals surface area contributed by atoms with Crippen molar-refractivity contribution in [3.63, 3.8) is 0 Å². The van der Waals surface area contributed by atoms with Gasteiger partial charge < -0.3 is 19.5 Å². The summed E-state index contributed by atoms with van der Waals surface area (Å²) in [6.07, 6.45) is 1.63. The second-order valence-corrected chi connectivity index (χ2v) is 10.8. The topological polar surface area (TPSA) is 120 Å². The zero-order chi connectivity index (χ0) is 26.7. The molecule has 1 heterocycles. The zero-order valence-electron chi connectivity index (χ0n) is 20.8. The molecule has 38 heavy (non-hydrogen) atoms. The van der Waals surface area contributed by atoms with E-state index in [-0.39, 0.29) is 22.2 Å². The van der Waals surface area contributed by atoms with Crippen LogP contribution in [-0.2, 0) is 26.0 Å². The van der Waals surface area contributed by atoms with Gasteiger partial charge in [-0.05, 0) is 61.6 Å². The van der Waals surface area contributed by atoms with Crippen molar-refractivity contribution >= 4 is 27.6 Å². The Hall–Kier alpha value is -4.05. The van der Waals surface area contributed by atoms with E-state index in [9.17, 15) is 18.0 Å². The van der Waals surface area contributed by atoms with Gasteiger partial charge in [0.05, 0.1) is 22.2 Å². The van der Waals surface area contributed by atoms with Crippen LogP contribution in [0.4, 0.5) is 5.69 Å². The molecule has 1 amide bonds. The molecule has 10 heteroatoms. The molecule has 3 aromatic carbocycles. The lowest BCUT2D eigenvalue weighted by atomic mass is 9.87. The largest absolute Gasteiger partial charge is 0.486 e. The van der Waals surface area contributed by atoms with E-state index in [4.69, 9.17) is 14.2 Å². The monoisotopic (exact) mass is 536 g/mol. The SMILES string of the molecule is C[C@H](OC(=O)c1ccccc1NS(=O)(=O)c1ccc2c(c1)OCCO2)C(=O)N[C@@H]1CCCc2ccccc21. The first-order chi connectivity index (χ1) is 18.3. The predicted molar refractivity (Wildman–Crippen MR) is 140 cm³/mol. The van der Waals surface area contributed by atoms with Crippen LogP contribution in [-0.4, -0.2) is 39.6 Å². The second kappa shape index (κ2) is 10.7. The lowest BCUT2D eigenvalue weighted by Crippen LogP contribution is -2.39. The van der Waals surface area contributed by atoms with Gasteiger partial charge in [-0.25, -0.2) is 13.2 Å². The van der Waals surface area contributed by atoms with Crippen LogP contribution in [0.1, 0.15) is 47.3 Å². The molecule has 0 bridgehead atoms. The van der Waals surface area contributed by atoms with Gasteiger partial charge in [-0.1, -0.05) is 36.4 Å². The summed E-state index contributed by atoms with van der Waals surface area (Å²) in [6, 6.07) is 18.2. The Labute approximate surface area is 221 Å². The molecule has 2 atom stereocenters. The summed E-state index contributed by atoms with van der Waals surface area (Å²) in [4.78, 5) is 25.8. The third-order valence-electron chi connectivity index (χ3n) is 6.55. The Balaban J connectivity index is 1.27. The first-order valence-electron chi connectivity index (χ1n) is 12.4. The number of anilines is 1. The van der Waals surface area contributed by atoms with Crippen LogP contribution in [0.25, 0.3) is 0 Å². The van der Waals surface area contributed by atoms with Crippen molar-refractivity contribution in [3.05, 3.63) is 83.4 Å². The number of ether oxygens (including phenoxy) is 3. The highest BCUT2D eigenvalue weighted by molar-refractivity contribution is 7.92. The molecule has 0 radical (unpaired) electrons. The number of esters is 1. The summed E-state index contributed by atoms with van der Waals surface area (Å²) in [7, 11) is -4.07. The minimum atomic E-state index is -4.07. The number of carbonyl (C=O) groups excluding carboxylic acids is 2. The van der Waals surface area contributed by atoms with Gasteiger partial charge in [-0.15, -0.1) is 0 Å². The molecule has 1 aliphatic heterocycles. The van der Waals surface area contributed by atoms with Gasteiger partial charge in [-0.2, -0.15) is 0 Å². The van der Waals surface area contributed by atoms with Gasteiger partial charge in [-0.3, -0.25) is 9.52 Å². The fraction of sp³-hybridized carbons (Fsp3) is 0.286. The van der Waals surface area contributed by atoms with Crippen LogP contribution in [0.2, 0.25) is 0 Å². The number of benzene rings is 3. The summed E-state index contributed by atoms with van der Waals surface area (Å²) in [5, 5.41) is 2.98. The Morgan fingerprint density at radius 3 is 2.55 bits per heavy atom. The maximum absolute atomic E-state index is 13.1. The van der Waals surface area contributed by atoms with Crippen molar-refractivity contribution in [2.45, 2.75) is 43.2 Å². The van der Waals surface area contributed by atoms with Gasteiger partial charge in [0, 0.05) is 6.07 Å². The van der Waals surface area contributed by atoms with E-state index >= 15 is 0 Å². The number of sulfonamides is 1. The third kappa shape index (κ3) is 5.45. The average Bonchev–Trinajstić information content (AvgIpc) is 2.93. The van der Waals surface area contributed by atoms with Gasteiger partial charge in [0.15, 0.2) is 17.6 Å². The van der Waals surface area contributed by atoms with E-state index in [2.05, 4.69) is 16.1 Å². The van der Waals surface area contributed by atoms with Crippen molar-refractivity contribution < 1.29 is 32.2 Å².